The first-order valence-corrected chi connectivity index (χ1v) is 11.1. The lowest BCUT2D eigenvalue weighted by molar-refractivity contribution is 0.313. The summed E-state index contributed by atoms with van der Waals surface area (Å²) in [5.41, 5.74) is 5.14. The molecule has 0 saturated carbocycles. The normalized spacial score (nSPS) is 15.4. The minimum absolute atomic E-state index is 0.0823. The summed E-state index contributed by atoms with van der Waals surface area (Å²) in [6, 6.07) is 23.8. The molecular weight excluding hydrogens is 420 g/mol. The average molecular weight is 445 g/mol. The summed E-state index contributed by atoms with van der Waals surface area (Å²) in [6.45, 7) is 4.20. The summed E-state index contributed by atoms with van der Waals surface area (Å²) in [5.74, 6) is 0.0823. The quantitative estimate of drug-likeness (QED) is 0.411. The fraction of sp³-hybridized carbons (Fsp3) is 0.192. The van der Waals surface area contributed by atoms with Crippen molar-refractivity contribution >= 4 is 39.6 Å². The molecule has 32 heavy (non-hydrogen) atoms. The molecule has 0 aliphatic carbocycles. The molecular formula is C26H25ClN4O. The molecule has 0 atom stereocenters. The Labute approximate surface area is 192 Å². The number of nitrogens with zero attached hydrogens (tertiary/aromatic N) is 3. The Morgan fingerprint density at radius 3 is 2.38 bits per heavy atom. The van der Waals surface area contributed by atoms with E-state index in [0.717, 1.165) is 48.3 Å². The van der Waals surface area contributed by atoms with Crippen molar-refractivity contribution in [1.82, 2.24) is 9.88 Å². The van der Waals surface area contributed by atoms with Gasteiger partial charge in [0.2, 0.25) is 0 Å². The lowest BCUT2D eigenvalue weighted by Gasteiger charge is -2.34. The van der Waals surface area contributed by atoms with Gasteiger partial charge in [0.25, 0.3) is 0 Å². The molecule has 0 amide bonds. The van der Waals surface area contributed by atoms with Crippen LogP contribution in [0.4, 0.5) is 11.4 Å². The summed E-state index contributed by atoms with van der Waals surface area (Å²) >= 11 is 6.15. The van der Waals surface area contributed by atoms with Crippen LogP contribution in [0.3, 0.4) is 0 Å². The zero-order chi connectivity index (χ0) is 22.1. The van der Waals surface area contributed by atoms with Crippen molar-refractivity contribution in [1.29, 1.82) is 0 Å². The van der Waals surface area contributed by atoms with Gasteiger partial charge in [-0.15, -0.1) is 0 Å². The van der Waals surface area contributed by atoms with Crippen LogP contribution in [0.5, 0.6) is 5.88 Å². The highest BCUT2D eigenvalue weighted by atomic mass is 35.5. The van der Waals surface area contributed by atoms with Gasteiger partial charge in [-0.1, -0.05) is 48.0 Å². The number of rotatable bonds is 4. The predicted molar refractivity (Wildman–Crippen MR) is 133 cm³/mol. The second-order valence-corrected chi connectivity index (χ2v) is 8.61. The van der Waals surface area contributed by atoms with E-state index in [1.807, 2.05) is 60.7 Å². The molecule has 0 bridgehead atoms. The van der Waals surface area contributed by atoms with Crippen LogP contribution in [0.15, 0.2) is 77.8 Å². The van der Waals surface area contributed by atoms with E-state index in [4.69, 9.17) is 16.6 Å². The Balaban J connectivity index is 1.56. The summed E-state index contributed by atoms with van der Waals surface area (Å²) in [7, 11) is 2.16. The van der Waals surface area contributed by atoms with Gasteiger partial charge in [-0.25, -0.2) is 4.99 Å². The smallest absolute Gasteiger partial charge is 0.199 e. The Morgan fingerprint density at radius 1 is 0.938 bits per heavy atom. The van der Waals surface area contributed by atoms with E-state index in [0.29, 0.717) is 16.3 Å². The van der Waals surface area contributed by atoms with Crippen LogP contribution in [-0.2, 0) is 0 Å². The number of likely N-dealkylation sites (N-methyl/N-ethyl adjacent to an activating group) is 1. The Bertz CT molecular complexity index is 1260. The molecule has 1 aliphatic heterocycles. The highest BCUT2D eigenvalue weighted by Gasteiger charge is 2.19. The number of anilines is 1. The second kappa shape index (κ2) is 8.69. The molecule has 5 nitrogen and oxygen atoms in total. The van der Waals surface area contributed by atoms with E-state index in [9.17, 15) is 5.11 Å². The standard InChI is InChI=1S/C26H25ClN4O/c1-30-13-15-31(16-14-30)21-10-8-20(9-11-21)28-25(18-5-3-2-4-6-18)24-22-12-7-19(27)17-23(22)29-26(24)32/h2-12,17,29,32H,13-16H2,1H3. The molecule has 5 rings (SSSR count). The summed E-state index contributed by atoms with van der Waals surface area (Å²) in [4.78, 5) is 12.8. The molecule has 1 aliphatic rings. The SMILES string of the molecule is CN1CCN(c2ccc(N=C(c3ccccc3)c3c(O)[nH]c4cc(Cl)ccc34)cc2)CC1. The number of H-pyrrole nitrogens is 1. The molecule has 1 fully saturated rings. The van der Waals surface area contributed by atoms with Crippen molar-refractivity contribution in [3.63, 3.8) is 0 Å². The van der Waals surface area contributed by atoms with Crippen LogP contribution in [0, 0.1) is 0 Å². The maximum absolute atomic E-state index is 10.8. The molecule has 3 aromatic carbocycles. The van der Waals surface area contributed by atoms with Crippen molar-refractivity contribution in [3.8, 4) is 5.88 Å². The molecule has 4 aromatic rings. The van der Waals surface area contributed by atoms with Gasteiger partial charge in [-0.3, -0.25) is 0 Å². The molecule has 0 radical (unpaired) electrons. The van der Waals surface area contributed by atoms with Crippen molar-refractivity contribution in [2.24, 2.45) is 4.99 Å². The van der Waals surface area contributed by atoms with Crippen LogP contribution in [-0.4, -0.2) is 53.9 Å². The number of fused-ring (bicyclic) bond motifs is 1. The van der Waals surface area contributed by atoms with Crippen molar-refractivity contribution in [2.75, 3.05) is 38.1 Å². The fourth-order valence-electron chi connectivity index (χ4n) is 4.19. The van der Waals surface area contributed by atoms with Gasteiger partial charge in [-0.2, -0.15) is 0 Å². The molecule has 2 heterocycles. The number of aliphatic imine (C=N–C) groups is 1. The maximum Gasteiger partial charge on any atom is 0.199 e. The van der Waals surface area contributed by atoms with Gasteiger partial charge in [0, 0.05) is 47.8 Å². The third-order valence-electron chi connectivity index (χ3n) is 5.98. The highest BCUT2D eigenvalue weighted by Crippen LogP contribution is 2.33. The van der Waals surface area contributed by atoms with E-state index < -0.39 is 0 Å². The van der Waals surface area contributed by atoms with Gasteiger partial charge >= 0.3 is 0 Å². The number of aromatic amines is 1. The molecule has 1 saturated heterocycles. The number of nitrogens with one attached hydrogen (secondary N) is 1. The van der Waals surface area contributed by atoms with E-state index >= 15 is 0 Å². The number of piperazine rings is 1. The van der Waals surface area contributed by atoms with Crippen LogP contribution in [0.2, 0.25) is 5.02 Å². The number of aromatic hydroxyl groups is 1. The van der Waals surface area contributed by atoms with Gasteiger partial charge in [0.1, 0.15) is 0 Å². The zero-order valence-electron chi connectivity index (χ0n) is 17.9. The third kappa shape index (κ3) is 4.09. The highest BCUT2D eigenvalue weighted by molar-refractivity contribution is 6.31. The number of benzene rings is 3. The van der Waals surface area contributed by atoms with E-state index in [1.165, 1.54) is 5.69 Å². The molecule has 6 heteroatoms. The average Bonchev–Trinajstić information content (AvgIpc) is 3.13. The lowest BCUT2D eigenvalue weighted by Crippen LogP contribution is -2.44. The lowest BCUT2D eigenvalue weighted by atomic mass is 10.0. The van der Waals surface area contributed by atoms with Gasteiger partial charge in [0.05, 0.1) is 22.5 Å². The Hall–Kier alpha value is -3.28. The Morgan fingerprint density at radius 2 is 1.66 bits per heavy atom. The summed E-state index contributed by atoms with van der Waals surface area (Å²) in [6.07, 6.45) is 0. The van der Waals surface area contributed by atoms with E-state index in [2.05, 4.69) is 34.0 Å². The second-order valence-electron chi connectivity index (χ2n) is 8.17. The fourth-order valence-corrected chi connectivity index (χ4v) is 4.36. The van der Waals surface area contributed by atoms with E-state index in [1.54, 1.807) is 0 Å². The monoisotopic (exact) mass is 444 g/mol. The van der Waals surface area contributed by atoms with Gasteiger partial charge in [-0.05, 0) is 43.4 Å². The van der Waals surface area contributed by atoms with Crippen LogP contribution in [0.25, 0.3) is 10.9 Å². The first-order chi connectivity index (χ1) is 15.6. The number of hydrogen-bond acceptors (Lipinski definition) is 4. The summed E-state index contributed by atoms with van der Waals surface area (Å²) < 4.78 is 0. The van der Waals surface area contributed by atoms with Crippen LogP contribution >= 0.6 is 11.6 Å². The number of hydrogen-bond donors (Lipinski definition) is 2. The van der Waals surface area contributed by atoms with Crippen molar-refractivity contribution in [2.45, 2.75) is 0 Å². The Kier molecular flexibility index (Phi) is 5.60. The van der Waals surface area contributed by atoms with Crippen molar-refractivity contribution < 1.29 is 5.11 Å². The number of halogens is 1. The third-order valence-corrected chi connectivity index (χ3v) is 6.22. The van der Waals surface area contributed by atoms with Crippen molar-refractivity contribution in [3.05, 3.63) is 88.9 Å². The molecule has 0 spiro atoms. The first kappa shape index (κ1) is 20.6. The topological polar surface area (TPSA) is 54.9 Å². The molecule has 1 aromatic heterocycles. The van der Waals surface area contributed by atoms with E-state index in [-0.39, 0.29) is 5.88 Å². The maximum atomic E-state index is 10.8. The molecule has 0 unspecified atom stereocenters. The van der Waals surface area contributed by atoms with Crippen LogP contribution < -0.4 is 4.90 Å². The van der Waals surface area contributed by atoms with Crippen LogP contribution in [0.1, 0.15) is 11.1 Å². The first-order valence-electron chi connectivity index (χ1n) is 10.8. The largest absolute Gasteiger partial charge is 0.494 e. The van der Waals surface area contributed by atoms with Gasteiger partial charge < -0.3 is 19.9 Å². The van der Waals surface area contributed by atoms with Gasteiger partial charge in [0.15, 0.2) is 5.88 Å². The zero-order valence-corrected chi connectivity index (χ0v) is 18.7. The predicted octanol–water partition coefficient (Wildman–Crippen LogP) is 5.45. The number of aromatic nitrogens is 1. The molecule has 2 N–H and O–H groups in total. The minimum atomic E-state index is 0.0823. The molecule has 162 valence electrons. The minimum Gasteiger partial charge on any atom is -0.494 e. The summed E-state index contributed by atoms with van der Waals surface area (Å²) in [5, 5.41) is 12.3.